The predicted octanol–water partition coefficient (Wildman–Crippen LogP) is 5.37. The molecular weight excluding hydrogens is 405 g/mol. The highest BCUT2D eigenvalue weighted by molar-refractivity contribution is 9.10. The predicted molar refractivity (Wildman–Crippen MR) is 76.6 cm³/mol. The van der Waals surface area contributed by atoms with Gasteiger partial charge in [-0.05, 0) is 62.2 Å². The largest absolute Gasteiger partial charge is 0.288 e. The van der Waals surface area contributed by atoms with E-state index in [0.29, 0.717) is 4.47 Å². The van der Waals surface area contributed by atoms with Crippen molar-refractivity contribution in [1.29, 1.82) is 0 Å². The van der Waals surface area contributed by atoms with E-state index >= 15 is 0 Å². The molecule has 98 valence electrons. The topological polar surface area (TPSA) is 17.1 Å². The molecule has 2 rings (SSSR count). The van der Waals surface area contributed by atoms with Gasteiger partial charge in [-0.15, -0.1) is 0 Å². The van der Waals surface area contributed by atoms with Gasteiger partial charge in [-0.2, -0.15) is 0 Å². The second kappa shape index (κ2) is 5.69. The molecule has 2 aromatic carbocycles. The molecule has 0 aliphatic heterocycles. The smallest absolute Gasteiger partial charge is 0.196 e. The van der Waals surface area contributed by atoms with E-state index < -0.39 is 17.4 Å². The van der Waals surface area contributed by atoms with Crippen LogP contribution in [0.25, 0.3) is 0 Å². The van der Waals surface area contributed by atoms with E-state index in [9.17, 15) is 13.6 Å². The van der Waals surface area contributed by atoms with Gasteiger partial charge in [-0.1, -0.05) is 11.6 Å². The van der Waals surface area contributed by atoms with Crippen molar-refractivity contribution in [3.63, 3.8) is 0 Å². The number of benzene rings is 2. The Morgan fingerprint density at radius 3 is 2.32 bits per heavy atom. The SMILES string of the molecule is O=C(c1ccc(Br)c(F)c1)c1cc(Cl)c(Br)cc1F. The van der Waals surface area contributed by atoms with Crippen molar-refractivity contribution in [3.8, 4) is 0 Å². The normalized spacial score (nSPS) is 10.6. The molecule has 0 saturated heterocycles. The molecule has 6 heteroatoms. The molecule has 0 fully saturated rings. The third-order valence-corrected chi connectivity index (χ3v) is 4.28. The van der Waals surface area contributed by atoms with Gasteiger partial charge in [-0.3, -0.25) is 4.79 Å². The fraction of sp³-hybridized carbons (Fsp3) is 0. The van der Waals surface area contributed by atoms with E-state index in [-0.39, 0.29) is 20.6 Å². The maximum atomic E-state index is 13.7. The van der Waals surface area contributed by atoms with Gasteiger partial charge in [0.1, 0.15) is 11.6 Å². The van der Waals surface area contributed by atoms with Gasteiger partial charge in [0, 0.05) is 10.0 Å². The highest BCUT2D eigenvalue weighted by atomic mass is 79.9. The Morgan fingerprint density at radius 2 is 1.68 bits per heavy atom. The van der Waals surface area contributed by atoms with E-state index in [0.717, 1.165) is 12.1 Å². The first-order chi connectivity index (χ1) is 8.90. The number of carbonyl (C=O) groups is 1. The number of rotatable bonds is 2. The highest BCUT2D eigenvalue weighted by Gasteiger charge is 2.17. The van der Waals surface area contributed by atoms with Crippen molar-refractivity contribution in [1.82, 2.24) is 0 Å². The van der Waals surface area contributed by atoms with Crippen molar-refractivity contribution >= 4 is 49.2 Å². The molecule has 0 unspecified atom stereocenters. The van der Waals surface area contributed by atoms with Crippen molar-refractivity contribution in [2.75, 3.05) is 0 Å². The van der Waals surface area contributed by atoms with Crippen LogP contribution < -0.4 is 0 Å². The standard InChI is InChI=1S/C13H5Br2ClF2O/c14-8-2-1-6(3-12(8)18)13(19)7-4-10(16)9(15)5-11(7)17/h1-5H. The van der Waals surface area contributed by atoms with Crippen LogP contribution in [0.15, 0.2) is 39.3 Å². The fourth-order valence-corrected chi connectivity index (χ4v) is 2.22. The summed E-state index contributed by atoms with van der Waals surface area (Å²) in [5, 5.41) is 0.210. The Labute approximate surface area is 129 Å². The molecule has 0 aromatic heterocycles. The minimum atomic E-state index is -0.718. The number of hydrogen-bond acceptors (Lipinski definition) is 1. The van der Waals surface area contributed by atoms with E-state index in [2.05, 4.69) is 31.9 Å². The monoisotopic (exact) mass is 408 g/mol. The highest BCUT2D eigenvalue weighted by Crippen LogP contribution is 2.27. The minimum Gasteiger partial charge on any atom is -0.288 e. The molecule has 0 radical (unpaired) electrons. The first-order valence-electron chi connectivity index (χ1n) is 5.04. The first-order valence-corrected chi connectivity index (χ1v) is 7.01. The van der Waals surface area contributed by atoms with Crippen LogP contribution in [-0.2, 0) is 0 Å². The van der Waals surface area contributed by atoms with Crippen molar-refractivity contribution in [3.05, 3.63) is 67.1 Å². The van der Waals surface area contributed by atoms with Crippen LogP contribution in [0.2, 0.25) is 5.02 Å². The molecule has 0 spiro atoms. The van der Waals surface area contributed by atoms with Crippen LogP contribution in [0.5, 0.6) is 0 Å². The zero-order valence-electron chi connectivity index (χ0n) is 9.18. The lowest BCUT2D eigenvalue weighted by molar-refractivity contribution is 0.103. The second-order valence-corrected chi connectivity index (χ2v) is 5.82. The van der Waals surface area contributed by atoms with E-state index in [1.54, 1.807) is 0 Å². The Morgan fingerprint density at radius 1 is 1.00 bits per heavy atom. The summed E-state index contributed by atoms with van der Waals surface area (Å²) in [6.07, 6.45) is 0. The summed E-state index contributed by atoms with van der Waals surface area (Å²) in [5.74, 6) is -1.93. The molecule has 2 aromatic rings. The molecule has 0 aliphatic rings. The van der Waals surface area contributed by atoms with Crippen molar-refractivity contribution < 1.29 is 13.6 Å². The van der Waals surface area contributed by atoms with Crippen LogP contribution >= 0.6 is 43.5 Å². The molecule has 0 atom stereocenters. The molecule has 0 N–H and O–H groups in total. The van der Waals surface area contributed by atoms with E-state index in [1.807, 2.05) is 0 Å². The van der Waals surface area contributed by atoms with Crippen LogP contribution in [0.4, 0.5) is 8.78 Å². The van der Waals surface area contributed by atoms with Gasteiger partial charge in [0.05, 0.1) is 15.1 Å². The van der Waals surface area contributed by atoms with Gasteiger partial charge in [0.2, 0.25) is 0 Å². The fourth-order valence-electron chi connectivity index (χ4n) is 1.49. The molecular formula is C13H5Br2ClF2O. The molecule has 0 bridgehead atoms. The average molecular weight is 410 g/mol. The quantitative estimate of drug-likeness (QED) is 0.480. The summed E-state index contributed by atoms with van der Waals surface area (Å²) in [7, 11) is 0. The Hall–Kier alpha value is -0.780. The summed E-state index contributed by atoms with van der Waals surface area (Å²) in [6, 6.07) is 6.15. The summed E-state index contributed by atoms with van der Waals surface area (Å²) < 4.78 is 27.7. The van der Waals surface area contributed by atoms with Crippen LogP contribution in [0.3, 0.4) is 0 Å². The lowest BCUT2D eigenvalue weighted by Crippen LogP contribution is -2.05. The van der Waals surface area contributed by atoms with Gasteiger partial charge >= 0.3 is 0 Å². The van der Waals surface area contributed by atoms with Crippen molar-refractivity contribution in [2.24, 2.45) is 0 Å². The van der Waals surface area contributed by atoms with Crippen LogP contribution in [0.1, 0.15) is 15.9 Å². The number of ketones is 1. The summed E-state index contributed by atoms with van der Waals surface area (Å²) in [4.78, 5) is 12.1. The second-order valence-electron chi connectivity index (χ2n) is 3.70. The lowest BCUT2D eigenvalue weighted by atomic mass is 10.0. The third kappa shape index (κ3) is 3.04. The maximum absolute atomic E-state index is 13.7. The number of hydrogen-bond donors (Lipinski definition) is 0. The molecule has 0 aliphatic carbocycles. The molecule has 0 amide bonds. The Bertz CT molecular complexity index is 674. The molecule has 1 nitrogen and oxygen atoms in total. The van der Waals surface area contributed by atoms with Crippen LogP contribution in [0, 0.1) is 11.6 Å². The van der Waals surface area contributed by atoms with E-state index in [4.69, 9.17) is 11.6 Å². The third-order valence-electron chi connectivity index (χ3n) is 2.44. The molecule has 0 saturated carbocycles. The zero-order valence-corrected chi connectivity index (χ0v) is 13.1. The van der Waals surface area contributed by atoms with Gasteiger partial charge in [0.25, 0.3) is 0 Å². The van der Waals surface area contributed by atoms with Gasteiger partial charge < -0.3 is 0 Å². The summed E-state index contributed by atoms with van der Waals surface area (Å²) >= 11 is 11.9. The number of halogens is 5. The zero-order chi connectivity index (χ0) is 14.2. The Kier molecular flexibility index (Phi) is 4.38. The van der Waals surface area contributed by atoms with Gasteiger partial charge in [0.15, 0.2) is 5.78 Å². The maximum Gasteiger partial charge on any atom is 0.196 e. The van der Waals surface area contributed by atoms with Crippen molar-refractivity contribution in [2.45, 2.75) is 0 Å². The lowest BCUT2D eigenvalue weighted by Gasteiger charge is -2.06. The first kappa shape index (κ1) is 14.6. The average Bonchev–Trinajstić information content (AvgIpc) is 2.36. The van der Waals surface area contributed by atoms with Crippen LogP contribution in [-0.4, -0.2) is 5.78 Å². The minimum absolute atomic E-state index is 0.0537. The van der Waals surface area contributed by atoms with Gasteiger partial charge in [-0.25, -0.2) is 8.78 Å². The number of carbonyl (C=O) groups excluding carboxylic acids is 1. The molecule has 0 heterocycles. The summed E-state index contributed by atoms with van der Waals surface area (Å²) in [6.45, 7) is 0. The summed E-state index contributed by atoms with van der Waals surface area (Å²) in [5.41, 5.74) is -0.145. The van der Waals surface area contributed by atoms with E-state index in [1.165, 1.54) is 18.2 Å². The Balaban J connectivity index is 2.49. The molecule has 19 heavy (non-hydrogen) atoms.